The van der Waals surface area contributed by atoms with E-state index in [0.717, 1.165) is 10.2 Å². The molecule has 2 amide bonds. The second kappa shape index (κ2) is 9.45. The number of para-hydroxylation sites is 1. The zero-order chi connectivity index (χ0) is 19.1. The first kappa shape index (κ1) is 20.1. The molecular weight excluding hydrogens is 396 g/mol. The number of hydrogen-bond donors (Lipinski definition) is 1. The number of carbonyl (C=O) groups excluding carboxylic acids is 2. The number of likely N-dealkylation sites (N-methyl/N-ethyl adjacent to an activating group) is 1. The first-order valence-electron chi connectivity index (χ1n) is 8.34. The van der Waals surface area contributed by atoms with Crippen molar-refractivity contribution in [1.82, 2.24) is 9.88 Å². The van der Waals surface area contributed by atoms with Crippen LogP contribution in [-0.2, 0) is 9.59 Å². The summed E-state index contributed by atoms with van der Waals surface area (Å²) in [4.78, 5) is 32.4. The van der Waals surface area contributed by atoms with E-state index in [1.54, 1.807) is 35.2 Å². The normalized spacial score (nSPS) is 10.8. The van der Waals surface area contributed by atoms with Crippen molar-refractivity contribution in [2.45, 2.75) is 19.9 Å². The summed E-state index contributed by atoms with van der Waals surface area (Å²) in [6.07, 6.45) is 1.61. The van der Waals surface area contributed by atoms with Crippen molar-refractivity contribution >= 4 is 39.2 Å². The fourth-order valence-electron chi connectivity index (χ4n) is 2.56. The highest BCUT2D eigenvalue weighted by atomic mass is 79.9. The lowest BCUT2D eigenvalue weighted by Gasteiger charge is -2.28. The Morgan fingerprint density at radius 2 is 1.81 bits per heavy atom. The molecule has 1 aromatic heterocycles. The summed E-state index contributed by atoms with van der Waals surface area (Å²) in [7, 11) is 1.75. The van der Waals surface area contributed by atoms with Crippen LogP contribution in [0.5, 0.6) is 0 Å². The van der Waals surface area contributed by atoms with Crippen molar-refractivity contribution in [2.24, 2.45) is 0 Å². The van der Waals surface area contributed by atoms with Crippen LogP contribution >= 0.6 is 15.9 Å². The van der Waals surface area contributed by atoms with Crippen LogP contribution in [0.25, 0.3) is 0 Å². The maximum Gasteiger partial charge on any atom is 0.241 e. The highest BCUT2D eigenvalue weighted by molar-refractivity contribution is 9.10. The Morgan fingerprint density at radius 1 is 1.12 bits per heavy atom. The van der Waals surface area contributed by atoms with E-state index < -0.39 is 0 Å². The first-order chi connectivity index (χ1) is 12.4. The van der Waals surface area contributed by atoms with E-state index in [1.807, 2.05) is 44.2 Å². The molecule has 0 aliphatic carbocycles. The van der Waals surface area contributed by atoms with Gasteiger partial charge >= 0.3 is 0 Å². The number of aromatic nitrogens is 1. The number of amides is 2. The predicted octanol–water partition coefficient (Wildman–Crippen LogP) is 3.16. The Hall–Kier alpha value is -2.25. The van der Waals surface area contributed by atoms with E-state index in [-0.39, 0.29) is 30.9 Å². The quantitative estimate of drug-likeness (QED) is 0.749. The fraction of sp³-hybridized carbons (Fsp3) is 0.316. The number of carbonyl (C=O) groups is 2. The third-order valence-corrected chi connectivity index (χ3v) is 4.10. The molecule has 0 aliphatic rings. The van der Waals surface area contributed by atoms with Gasteiger partial charge in [-0.2, -0.15) is 0 Å². The Kier molecular flexibility index (Phi) is 7.29. The Balaban J connectivity index is 1.92. The van der Waals surface area contributed by atoms with E-state index in [0.29, 0.717) is 5.82 Å². The molecule has 0 unspecified atom stereocenters. The zero-order valence-electron chi connectivity index (χ0n) is 15.1. The predicted molar refractivity (Wildman–Crippen MR) is 107 cm³/mol. The number of pyridine rings is 1. The maximum absolute atomic E-state index is 12.7. The topological polar surface area (TPSA) is 65.5 Å². The van der Waals surface area contributed by atoms with Crippen LogP contribution in [-0.4, -0.2) is 47.9 Å². The summed E-state index contributed by atoms with van der Waals surface area (Å²) >= 11 is 3.30. The molecule has 0 bridgehead atoms. The van der Waals surface area contributed by atoms with Crippen molar-refractivity contribution in [2.75, 3.05) is 30.4 Å². The van der Waals surface area contributed by atoms with Crippen LogP contribution in [0.3, 0.4) is 0 Å². The average Bonchev–Trinajstić information content (AvgIpc) is 2.57. The summed E-state index contributed by atoms with van der Waals surface area (Å²) < 4.78 is 0.841. The highest BCUT2D eigenvalue weighted by Gasteiger charge is 2.21. The molecule has 0 radical (unpaired) electrons. The van der Waals surface area contributed by atoms with Crippen molar-refractivity contribution < 1.29 is 9.59 Å². The number of nitrogens with one attached hydrogen (secondary N) is 1. The smallest absolute Gasteiger partial charge is 0.241 e. The van der Waals surface area contributed by atoms with E-state index in [1.165, 1.54) is 0 Å². The first-order valence-corrected chi connectivity index (χ1v) is 9.13. The van der Waals surface area contributed by atoms with Gasteiger partial charge in [-0.3, -0.25) is 14.5 Å². The molecule has 0 aliphatic heterocycles. The van der Waals surface area contributed by atoms with Crippen molar-refractivity contribution in [3.63, 3.8) is 0 Å². The number of halogens is 1. The molecule has 138 valence electrons. The molecule has 1 aromatic carbocycles. The molecule has 1 heterocycles. The fourth-order valence-corrected chi connectivity index (χ4v) is 2.79. The second-order valence-corrected chi connectivity index (χ2v) is 7.19. The monoisotopic (exact) mass is 418 g/mol. The highest BCUT2D eigenvalue weighted by Crippen LogP contribution is 2.17. The van der Waals surface area contributed by atoms with E-state index >= 15 is 0 Å². The molecular formula is C19H23BrN4O2. The van der Waals surface area contributed by atoms with Gasteiger partial charge < -0.3 is 10.2 Å². The van der Waals surface area contributed by atoms with E-state index in [4.69, 9.17) is 0 Å². The van der Waals surface area contributed by atoms with Gasteiger partial charge in [0.2, 0.25) is 11.8 Å². The van der Waals surface area contributed by atoms with E-state index in [9.17, 15) is 9.59 Å². The molecule has 1 N–H and O–H groups in total. The van der Waals surface area contributed by atoms with Crippen LogP contribution in [0, 0.1) is 0 Å². The van der Waals surface area contributed by atoms with Gasteiger partial charge in [0.15, 0.2) is 0 Å². The molecule has 0 fully saturated rings. The summed E-state index contributed by atoms with van der Waals surface area (Å²) in [5.41, 5.74) is 0.851. The summed E-state index contributed by atoms with van der Waals surface area (Å²) in [5, 5.41) is 2.72. The van der Waals surface area contributed by atoms with E-state index in [2.05, 4.69) is 26.2 Å². The van der Waals surface area contributed by atoms with Crippen LogP contribution in [0.4, 0.5) is 11.5 Å². The zero-order valence-corrected chi connectivity index (χ0v) is 16.7. The average molecular weight is 419 g/mol. The Bertz CT molecular complexity index is 735. The van der Waals surface area contributed by atoms with Crippen LogP contribution in [0.1, 0.15) is 13.8 Å². The van der Waals surface area contributed by atoms with Crippen molar-refractivity contribution in [3.8, 4) is 0 Å². The molecule has 26 heavy (non-hydrogen) atoms. The molecule has 7 heteroatoms. The number of anilines is 2. The summed E-state index contributed by atoms with van der Waals surface area (Å²) in [6.45, 7) is 4.19. The van der Waals surface area contributed by atoms with Gasteiger partial charge in [-0.25, -0.2) is 4.98 Å². The number of benzene rings is 1. The lowest BCUT2D eigenvalue weighted by Crippen LogP contribution is -2.44. The van der Waals surface area contributed by atoms with Gasteiger partial charge in [-0.05, 0) is 61.1 Å². The summed E-state index contributed by atoms with van der Waals surface area (Å²) in [5.74, 6) is 0.209. The van der Waals surface area contributed by atoms with Gasteiger partial charge in [-0.15, -0.1) is 0 Å². The Labute approximate surface area is 162 Å². The molecule has 0 saturated heterocycles. The molecule has 0 atom stereocenters. The molecule has 6 nitrogen and oxygen atoms in total. The number of rotatable bonds is 7. The van der Waals surface area contributed by atoms with Crippen molar-refractivity contribution in [1.29, 1.82) is 0 Å². The SMILES string of the molecule is CC(C)N(C(=O)CN(C)CC(=O)Nc1ccc(Br)cn1)c1ccccc1. The second-order valence-electron chi connectivity index (χ2n) is 6.28. The van der Waals surface area contributed by atoms with Crippen LogP contribution in [0.15, 0.2) is 53.1 Å². The van der Waals surface area contributed by atoms with Gasteiger partial charge in [-0.1, -0.05) is 18.2 Å². The Morgan fingerprint density at radius 3 is 2.38 bits per heavy atom. The number of hydrogen-bond acceptors (Lipinski definition) is 4. The minimum Gasteiger partial charge on any atom is -0.310 e. The third-order valence-electron chi connectivity index (χ3n) is 3.63. The lowest BCUT2D eigenvalue weighted by atomic mass is 10.2. The standard InChI is InChI=1S/C19H23BrN4O2/c1-14(2)24(16-7-5-4-6-8-16)19(26)13-23(3)12-18(25)22-17-10-9-15(20)11-21-17/h4-11,14H,12-13H2,1-3H3,(H,21,22,25). The molecule has 2 aromatic rings. The summed E-state index contributed by atoms with van der Waals surface area (Å²) in [6, 6.07) is 13.1. The minimum atomic E-state index is -0.217. The van der Waals surface area contributed by atoms with Gasteiger partial charge in [0.25, 0.3) is 0 Å². The lowest BCUT2D eigenvalue weighted by molar-refractivity contribution is -0.121. The van der Waals surface area contributed by atoms with Gasteiger partial charge in [0.05, 0.1) is 13.1 Å². The van der Waals surface area contributed by atoms with Crippen LogP contribution in [0.2, 0.25) is 0 Å². The van der Waals surface area contributed by atoms with Crippen LogP contribution < -0.4 is 10.2 Å². The van der Waals surface area contributed by atoms with Gasteiger partial charge in [0, 0.05) is 22.4 Å². The largest absolute Gasteiger partial charge is 0.310 e. The molecule has 0 spiro atoms. The number of nitrogens with zero attached hydrogens (tertiary/aromatic N) is 3. The van der Waals surface area contributed by atoms with Gasteiger partial charge in [0.1, 0.15) is 5.82 Å². The molecule has 2 rings (SSSR count). The minimum absolute atomic E-state index is 0.0269. The maximum atomic E-state index is 12.7. The van der Waals surface area contributed by atoms with Crippen molar-refractivity contribution in [3.05, 3.63) is 53.1 Å². The third kappa shape index (κ3) is 5.93. The molecule has 0 saturated carbocycles.